The van der Waals surface area contributed by atoms with E-state index in [1.807, 2.05) is 30.3 Å². The van der Waals surface area contributed by atoms with Crippen molar-refractivity contribution in [2.45, 2.75) is 40.0 Å². The largest absolute Gasteiger partial charge is 0.473 e. The maximum atomic E-state index is 12.3. The quantitative estimate of drug-likeness (QED) is 0.526. The molecule has 152 valence electrons. The molecule has 5 nitrogen and oxygen atoms in total. The molecule has 1 heterocycles. The first-order valence-corrected chi connectivity index (χ1v) is 10.2. The average molecular weight is 392 g/mol. The van der Waals surface area contributed by atoms with Crippen LogP contribution in [0.25, 0.3) is 0 Å². The molecule has 0 radical (unpaired) electrons. The van der Waals surface area contributed by atoms with Gasteiger partial charge >= 0.3 is 5.69 Å². The normalized spacial score (nSPS) is 11.0. The number of nitrogens with zero attached hydrogens (tertiary/aromatic N) is 3. The Labute approximate surface area is 172 Å². The number of benzene rings is 2. The van der Waals surface area contributed by atoms with Gasteiger partial charge in [0.15, 0.2) is 0 Å². The van der Waals surface area contributed by atoms with Gasteiger partial charge in [0.25, 0.3) is 0 Å². The number of aryl methyl sites for hydroxylation is 2. The predicted octanol–water partition coefficient (Wildman–Crippen LogP) is 3.91. The third-order valence-electron chi connectivity index (χ3n) is 5.04. The van der Waals surface area contributed by atoms with Gasteiger partial charge in [-0.15, -0.1) is 0 Å². The molecule has 0 saturated heterocycles. The zero-order valence-electron chi connectivity index (χ0n) is 17.3. The van der Waals surface area contributed by atoms with Crippen molar-refractivity contribution in [2.24, 2.45) is 0 Å². The molecule has 5 heteroatoms. The molecule has 3 aromatic rings. The summed E-state index contributed by atoms with van der Waals surface area (Å²) in [6.07, 6.45) is 2.54. The minimum atomic E-state index is -0.284. The van der Waals surface area contributed by atoms with Gasteiger partial charge in [-0.3, -0.25) is 9.47 Å². The van der Waals surface area contributed by atoms with Crippen LogP contribution in [0.2, 0.25) is 0 Å². The van der Waals surface area contributed by atoms with Crippen molar-refractivity contribution in [2.75, 3.05) is 13.1 Å². The van der Waals surface area contributed by atoms with E-state index >= 15 is 0 Å². The molecule has 0 bridgehead atoms. The molecule has 0 aliphatic carbocycles. The summed E-state index contributed by atoms with van der Waals surface area (Å²) in [5.41, 5.74) is 3.29. The molecule has 2 aromatic carbocycles. The van der Waals surface area contributed by atoms with Crippen LogP contribution in [0.1, 0.15) is 30.5 Å². The zero-order chi connectivity index (χ0) is 20.5. The lowest BCUT2D eigenvalue weighted by molar-refractivity contribution is 0.291. The van der Waals surface area contributed by atoms with E-state index in [0.717, 1.165) is 31.6 Å². The van der Waals surface area contributed by atoms with Gasteiger partial charge in [0, 0.05) is 25.4 Å². The molecule has 0 unspecified atom stereocenters. The van der Waals surface area contributed by atoms with Crippen molar-refractivity contribution in [1.82, 2.24) is 14.5 Å². The van der Waals surface area contributed by atoms with Crippen molar-refractivity contribution >= 4 is 0 Å². The lowest BCUT2D eigenvalue weighted by Crippen LogP contribution is -2.23. The standard InChI is InChI=1S/C24H29N3O2/c1-3-26(4-2)18-21-12-10-20(11-13-21)14-16-27-17-15-23(25-24(27)28)29-19-22-8-6-5-7-9-22/h5-13,15,17H,3-4,14,16,18-19H2,1-2H3. The van der Waals surface area contributed by atoms with Gasteiger partial charge in [0.1, 0.15) is 6.61 Å². The highest BCUT2D eigenvalue weighted by Gasteiger charge is 2.04. The summed E-state index contributed by atoms with van der Waals surface area (Å²) in [7, 11) is 0. The molecule has 0 aliphatic heterocycles. The van der Waals surface area contributed by atoms with Crippen LogP contribution in [0, 0.1) is 0 Å². The molecular formula is C24H29N3O2. The fraction of sp³-hybridized carbons (Fsp3) is 0.333. The Balaban J connectivity index is 1.53. The Bertz CT molecular complexity index is 932. The fourth-order valence-corrected chi connectivity index (χ4v) is 3.16. The van der Waals surface area contributed by atoms with Crippen LogP contribution >= 0.6 is 0 Å². The molecule has 0 spiro atoms. The highest BCUT2D eigenvalue weighted by molar-refractivity contribution is 5.22. The van der Waals surface area contributed by atoms with E-state index in [9.17, 15) is 4.79 Å². The second-order valence-corrected chi connectivity index (χ2v) is 7.04. The van der Waals surface area contributed by atoms with E-state index in [1.165, 1.54) is 11.1 Å². The number of aromatic nitrogens is 2. The first-order chi connectivity index (χ1) is 14.2. The Kier molecular flexibility index (Phi) is 7.59. The molecule has 0 amide bonds. The van der Waals surface area contributed by atoms with Crippen LogP contribution in [0.5, 0.6) is 5.88 Å². The summed E-state index contributed by atoms with van der Waals surface area (Å²) < 4.78 is 7.25. The number of rotatable bonds is 10. The molecule has 29 heavy (non-hydrogen) atoms. The summed E-state index contributed by atoms with van der Waals surface area (Å²) in [6, 6.07) is 20.2. The average Bonchev–Trinajstić information content (AvgIpc) is 2.77. The summed E-state index contributed by atoms with van der Waals surface area (Å²) in [4.78, 5) is 18.7. The Hall–Kier alpha value is -2.92. The van der Waals surface area contributed by atoms with E-state index in [-0.39, 0.29) is 5.69 Å². The van der Waals surface area contributed by atoms with E-state index in [2.05, 4.69) is 48.0 Å². The molecule has 0 atom stereocenters. The van der Waals surface area contributed by atoms with Crippen LogP contribution in [-0.4, -0.2) is 27.5 Å². The minimum absolute atomic E-state index is 0.284. The number of hydrogen-bond donors (Lipinski definition) is 0. The van der Waals surface area contributed by atoms with E-state index in [4.69, 9.17) is 4.74 Å². The summed E-state index contributed by atoms with van der Waals surface area (Å²) in [5, 5.41) is 0. The Morgan fingerprint density at radius 3 is 2.24 bits per heavy atom. The Morgan fingerprint density at radius 1 is 0.897 bits per heavy atom. The van der Waals surface area contributed by atoms with Gasteiger partial charge in [-0.1, -0.05) is 68.4 Å². The lowest BCUT2D eigenvalue weighted by atomic mass is 10.1. The zero-order valence-corrected chi connectivity index (χ0v) is 17.3. The highest BCUT2D eigenvalue weighted by atomic mass is 16.5. The lowest BCUT2D eigenvalue weighted by Gasteiger charge is -2.18. The van der Waals surface area contributed by atoms with Crippen LogP contribution in [0.15, 0.2) is 71.7 Å². The van der Waals surface area contributed by atoms with Crippen molar-refractivity contribution in [1.29, 1.82) is 0 Å². The van der Waals surface area contributed by atoms with Crippen molar-refractivity contribution < 1.29 is 4.74 Å². The third-order valence-corrected chi connectivity index (χ3v) is 5.04. The highest BCUT2D eigenvalue weighted by Crippen LogP contribution is 2.10. The predicted molar refractivity (Wildman–Crippen MR) is 116 cm³/mol. The second kappa shape index (κ2) is 10.6. The minimum Gasteiger partial charge on any atom is -0.473 e. The van der Waals surface area contributed by atoms with Gasteiger partial charge in [0.05, 0.1) is 0 Å². The monoisotopic (exact) mass is 391 g/mol. The van der Waals surface area contributed by atoms with Gasteiger partial charge in [-0.05, 0) is 36.2 Å². The van der Waals surface area contributed by atoms with Crippen LogP contribution in [0.3, 0.4) is 0 Å². The summed E-state index contributed by atoms with van der Waals surface area (Å²) >= 11 is 0. The topological polar surface area (TPSA) is 47.4 Å². The SMILES string of the molecule is CCN(CC)Cc1ccc(CCn2ccc(OCc3ccccc3)nc2=O)cc1. The summed E-state index contributed by atoms with van der Waals surface area (Å²) in [5.74, 6) is 0.357. The molecule has 0 N–H and O–H groups in total. The smallest absolute Gasteiger partial charge is 0.350 e. The van der Waals surface area contributed by atoms with Crippen LogP contribution in [0.4, 0.5) is 0 Å². The molecule has 1 aromatic heterocycles. The number of hydrogen-bond acceptors (Lipinski definition) is 4. The second-order valence-electron chi connectivity index (χ2n) is 7.04. The van der Waals surface area contributed by atoms with E-state index in [0.29, 0.717) is 19.0 Å². The van der Waals surface area contributed by atoms with Crippen molar-refractivity contribution in [3.63, 3.8) is 0 Å². The van der Waals surface area contributed by atoms with Crippen LogP contribution < -0.4 is 10.4 Å². The first-order valence-electron chi connectivity index (χ1n) is 10.2. The van der Waals surface area contributed by atoms with Gasteiger partial charge in [0.2, 0.25) is 5.88 Å². The van der Waals surface area contributed by atoms with Crippen molar-refractivity contribution in [3.05, 3.63) is 94.0 Å². The summed E-state index contributed by atoms with van der Waals surface area (Å²) in [6.45, 7) is 8.44. The van der Waals surface area contributed by atoms with E-state index in [1.54, 1.807) is 16.8 Å². The van der Waals surface area contributed by atoms with E-state index < -0.39 is 0 Å². The molecule has 0 aliphatic rings. The molecule has 0 saturated carbocycles. The van der Waals surface area contributed by atoms with Gasteiger partial charge in [-0.2, -0.15) is 4.98 Å². The van der Waals surface area contributed by atoms with Crippen LogP contribution in [-0.2, 0) is 26.1 Å². The fourth-order valence-electron chi connectivity index (χ4n) is 3.16. The van der Waals surface area contributed by atoms with Gasteiger partial charge < -0.3 is 4.74 Å². The first kappa shape index (κ1) is 20.8. The molecular weight excluding hydrogens is 362 g/mol. The maximum Gasteiger partial charge on any atom is 0.350 e. The Morgan fingerprint density at radius 2 is 1.59 bits per heavy atom. The number of ether oxygens (including phenoxy) is 1. The maximum absolute atomic E-state index is 12.3. The molecule has 3 rings (SSSR count). The molecule has 0 fully saturated rings. The third kappa shape index (κ3) is 6.29. The van der Waals surface area contributed by atoms with Gasteiger partial charge in [-0.25, -0.2) is 4.79 Å². The van der Waals surface area contributed by atoms with Crippen molar-refractivity contribution in [3.8, 4) is 5.88 Å².